The molecule has 0 radical (unpaired) electrons. The minimum atomic E-state index is 0.634. The first-order valence-electron chi connectivity index (χ1n) is 8.16. The number of halogens is 1. The van der Waals surface area contributed by atoms with E-state index in [9.17, 15) is 0 Å². The lowest BCUT2D eigenvalue weighted by Gasteiger charge is -2.04. The quantitative estimate of drug-likeness (QED) is 0.375. The van der Waals surface area contributed by atoms with Crippen molar-refractivity contribution in [3.05, 3.63) is 76.6 Å². The molecule has 130 valence electrons. The van der Waals surface area contributed by atoms with Crippen LogP contribution in [0.4, 0.5) is 0 Å². The topological polar surface area (TPSA) is 56.5 Å². The first kappa shape index (κ1) is 17.0. The summed E-state index contributed by atoms with van der Waals surface area (Å²) in [5.74, 6) is 0.786. The van der Waals surface area contributed by atoms with E-state index in [2.05, 4.69) is 51.5 Å². The van der Waals surface area contributed by atoms with Gasteiger partial charge in [0.2, 0.25) is 0 Å². The molecule has 0 saturated heterocycles. The Kier molecular flexibility index (Phi) is 4.86. The van der Waals surface area contributed by atoms with Crippen LogP contribution >= 0.6 is 23.4 Å². The van der Waals surface area contributed by atoms with Crippen molar-refractivity contribution in [3.63, 3.8) is 0 Å². The zero-order valence-corrected chi connectivity index (χ0v) is 15.7. The van der Waals surface area contributed by atoms with Crippen LogP contribution in [-0.2, 0) is 12.3 Å². The molecule has 0 bridgehead atoms. The van der Waals surface area contributed by atoms with Crippen LogP contribution in [0.5, 0.6) is 0 Å². The number of thioether (sulfide) groups is 1. The van der Waals surface area contributed by atoms with Crippen LogP contribution in [0.1, 0.15) is 16.7 Å². The second kappa shape index (κ2) is 7.43. The van der Waals surface area contributed by atoms with Crippen LogP contribution in [-0.4, -0.2) is 25.0 Å². The molecule has 26 heavy (non-hydrogen) atoms. The standard InChI is InChI=1S/C19H16ClN5S/c1-13-2-4-14(5-3-13)10-25-18-17(23-24-25)19(22-12-21-18)26-11-15-6-8-16(20)9-7-15/h2-9,12H,10-11H2,1H3. The third-order valence-electron chi connectivity index (χ3n) is 4.01. The molecule has 4 rings (SSSR count). The summed E-state index contributed by atoms with van der Waals surface area (Å²) in [6, 6.07) is 16.2. The molecule has 2 heterocycles. The summed E-state index contributed by atoms with van der Waals surface area (Å²) in [6.07, 6.45) is 1.57. The van der Waals surface area contributed by atoms with E-state index in [1.165, 1.54) is 11.1 Å². The molecule has 0 spiro atoms. The van der Waals surface area contributed by atoms with Gasteiger partial charge in [0, 0.05) is 10.8 Å². The molecule has 0 unspecified atom stereocenters. The molecule has 0 saturated carbocycles. The Bertz CT molecular complexity index is 1030. The Labute approximate surface area is 160 Å². The summed E-state index contributed by atoms with van der Waals surface area (Å²) in [5.41, 5.74) is 5.06. The van der Waals surface area contributed by atoms with Gasteiger partial charge in [0.25, 0.3) is 0 Å². The maximum atomic E-state index is 5.94. The smallest absolute Gasteiger partial charge is 0.183 e. The van der Waals surface area contributed by atoms with Crippen molar-refractivity contribution in [2.75, 3.05) is 0 Å². The zero-order chi connectivity index (χ0) is 17.9. The lowest BCUT2D eigenvalue weighted by molar-refractivity contribution is 0.664. The highest BCUT2D eigenvalue weighted by molar-refractivity contribution is 7.98. The van der Waals surface area contributed by atoms with Gasteiger partial charge in [-0.25, -0.2) is 14.6 Å². The summed E-state index contributed by atoms with van der Waals surface area (Å²) in [7, 11) is 0. The van der Waals surface area contributed by atoms with Crippen molar-refractivity contribution < 1.29 is 0 Å². The molecule has 0 aliphatic rings. The van der Waals surface area contributed by atoms with Crippen molar-refractivity contribution in [3.8, 4) is 0 Å². The fourth-order valence-electron chi connectivity index (χ4n) is 2.58. The third kappa shape index (κ3) is 3.71. The van der Waals surface area contributed by atoms with E-state index in [0.29, 0.717) is 6.54 Å². The second-order valence-corrected chi connectivity index (χ2v) is 7.40. The Balaban J connectivity index is 1.56. The molecule has 7 heteroatoms. The van der Waals surface area contributed by atoms with Gasteiger partial charge < -0.3 is 0 Å². The molecule has 4 aromatic rings. The number of aryl methyl sites for hydroxylation is 1. The lowest BCUT2D eigenvalue weighted by Crippen LogP contribution is -2.03. The largest absolute Gasteiger partial charge is 0.227 e. The molecule has 0 atom stereocenters. The van der Waals surface area contributed by atoms with Gasteiger partial charge in [-0.15, -0.1) is 5.10 Å². The number of benzene rings is 2. The summed E-state index contributed by atoms with van der Waals surface area (Å²) in [4.78, 5) is 8.76. The summed E-state index contributed by atoms with van der Waals surface area (Å²) in [5, 5.41) is 10.2. The maximum Gasteiger partial charge on any atom is 0.183 e. The Morgan fingerprint density at radius 3 is 2.46 bits per heavy atom. The lowest BCUT2D eigenvalue weighted by atomic mass is 10.1. The fourth-order valence-corrected chi connectivity index (χ4v) is 3.59. The van der Waals surface area contributed by atoms with Crippen molar-refractivity contribution in [2.45, 2.75) is 24.2 Å². The Hall–Kier alpha value is -2.44. The number of aromatic nitrogens is 5. The van der Waals surface area contributed by atoms with E-state index in [-0.39, 0.29) is 0 Å². The van der Waals surface area contributed by atoms with E-state index in [1.54, 1.807) is 18.1 Å². The van der Waals surface area contributed by atoms with Crippen LogP contribution < -0.4 is 0 Å². The van der Waals surface area contributed by atoms with Crippen molar-refractivity contribution >= 4 is 34.5 Å². The second-order valence-electron chi connectivity index (χ2n) is 6.00. The Morgan fingerprint density at radius 2 is 1.69 bits per heavy atom. The highest BCUT2D eigenvalue weighted by Crippen LogP contribution is 2.26. The first-order valence-corrected chi connectivity index (χ1v) is 9.52. The van der Waals surface area contributed by atoms with E-state index < -0.39 is 0 Å². The van der Waals surface area contributed by atoms with E-state index in [1.807, 2.05) is 28.9 Å². The molecule has 0 amide bonds. The van der Waals surface area contributed by atoms with Gasteiger partial charge >= 0.3 is 0 Å². The molecule has 0 fully saturated rings. The summed E-state index contributed by atoms with van der Waals surface area (Å²) < 4.78 is 1.81. The number of hydrogen-bond donors (Lipinski definition) is 0. The minimum Gasteiger partial charge on any atom is -0.227 e. The number of nitrogens with zero attached hydrogens (tertiary/aromatic N) is 5. The van der Waals surface area contributed by atoms with Crippen molar-refractivity contribution in [1.29, 1.82) is 0 Å². The van der Waals surface area contributed by atoms with Crippen LogP contribution in [0.15, 0.2) is 59.9 Å². The summed E-state index contributed by atoms with van der Waals surface area (Å²) in [6.45, 7) is 2.71. The van der Waals surface area contributed by atoms with Gasteiger partial charge in [-0.3, -0.25) is 0 Å². The molecule has 2 aromatic heterocycles. The van der Waals surface area contributed by atoms with Crippen LogP contribution in [0.3, 0.4) is 0 Å². The van der Waals surface area contributed by atoms with Gasteiger partial charge in [0.15, 0.2) is 11.2 Å². The Morgan fingerprint density at radius 1 is 0.962 bits per heavy atom. The average molecular weight is 382 g/mol. The minimum absolute atomic E-state index is 0.634. The van der Waals surface area contributed by atoms with E-state index in [0.717, 1.165) is 32.5 Å². The molecule has 0 N–H and O–H groups in total. The van der Waals surface area contributed by atoms with Crippen LogP contribution in [0, 0.1) is 6.92 Å². The number of fused-ring (bicyclic) bond motifs is 1. The van der Waals surface area contributed by atoms with E-state index >= 15 is 0 Å². The molecular weight excluding hydrogens is 366 g/mol. The average Bonchev–Trinajstić information content (AvgIpc) is 3.07. The zero-order valence-electron chi connectivity index (χ0n) is 14.1. The molecule has 0 aliphatic heterocycles. The van der Waals surface area contributed by atoms with Crippen molar-refractivity contribution in [1.82, 2.24) is 25.0 Å². The van der Waals surface area contributed by atoms with E-state index in [4.69, 9.17) is 11.6 Å². The van der Waals surface area contributed by atoms with Crippen molar-refractivity contribution in [2.24, 2.45) is 0 Å². The number of hydrogen-bond acceptors (Lipinski definition) is 5. The highest BCUT2D eigenvalue weighted by atomic mass is 35.5. The molecular formula is C19H16ClN5S. The van der Waals surface area contributed by atoms with Crippen LogP contribution in [0.2, 0.25) is 5.02 Å². The predicted octanol–water partition coefficient (Wildman–Crippen LogP) is 4.52. The first-order chi connectivity index (χ1) is 12.7. The number of rotatable bonds is 5. The highest BCUT2D eigenvalue weighted by Gasteiger charge is 2.12. The fraction of sp³-hybridized carbons (Fsp3) is 0.158. The third-order valence-corrected chi connectivity index (χ3v) is 5.31. The van der Waals surface area contributed by atoms with Gasteiger partial charge in [-0.05, 0) is 30.2 Å². The van der Waals surface area contributed by atoms with Gasteiger partial charge in [0.05, 0.1) is 6.54 Å². The van der Waals surface area contributed by atoms with Gasteiger partial charge in [0.1, 0.15) is 11.4 Å². The maximum absolute atomic E-state index is 5.94. The monoisotopic (exact) mass is 381 g/mol. The van der Waals surface area contributed by atoms with Gasteiger partial charge in [-0.2, -0.15) is 0 Å². The van der Waals surface area contributed by atoms with Gasteiger partial charge in [-0.1, -0.05) is 70.5 Å². The predicted molar refractivity (Wildman–Crippen MR) is 104 cm³/mol. The van der Waals surface area contributed by atoms with Crippen LogP contribution in [0.25, 0.3) is 11.2 Å². The SMILES string of the molecule is Cc1ccc(Cn2nnc3c(SCc4ccc(Cl)cc4)ncnc32)cc1. The molecule has 5 nitrogen and oxygen atoms in total. The summed E-state index contributed by atoms with van der Waals surface area (Å²) >= 11 is 7.56. The normalized spacial score (nSPS) is 11.2. The molecule has 0 aliphatic carbocycles. The molecule has 2 aromatic carbocycles.